The molecule has 0 radical (unpaired) electrons. The van der Waals surface area contributed by atoms with Crippen LogP contribution in [0.3, 0.4) is 0 Å². The predicted molar refractivity (Wildman–Crippen MR) is 103 cm³/mol. The van der Waals surface area contributed by atoms with Crippen molar-refractivity contribution in [3.63, 3.8) is 0 Å². The number of hydrogen-bond acceptors (Lipinski definition) is 5. The molecule has 1 atom stereocenters. The maximum atomic E-state index is 12.4. The van der Waals surface area contributed by atoms with Crippen LogP contribution >= 0.6 is 0 Å². The lowest BCUT2D eigenvalue weighted by Crippen LogP contribution is -2.25. The van der Waals surface area contributed by atoms with Gasteiger partial charge in [0.15, 0.2) is 11.5 Å². The minimum atomic E-state index is -0.165. The molecule has 1 aromatic carbocycles. The molecule has 148 valence electrons. The van der Waals surface area contributed by atoms with Crippen molar-refractivity contribution in [2.24, 2.45) is 11.8 Å². The van der Waals surface area contributed by atoms with Crippen LogP contribution in [0.5, 0.6) is 11.5 Å². The first-order valence-electron chi connectivity index (χ1n) is 9.48. The minimum absolute atomic E-state index is 0.119. The van der Waals surface area contributed by atoms with Gasteiger partial charge in [0.05, 0.1) is 26.2 Å². The zero-order valence-electron chi connectivity index (χ0n) is 16.9. The molecular formula is C21H34O5. The minimum Gasteiger partial charge on any atom is -0.493 e. The second-order valence-corrected chi connectivity index (χ2v) is 6.76. The normalized spacial score (nSPS) is 12.1. The molecule has 1 unspecified atom stereocenters. The molecule has 0 fully saturated rings. The van der Waals surface area contributed by atoms with Gasteiger partial charge in [-0.1, -0.05) is 33.3 Å². The van der Waals surface area contributed by atoms with Crippen LogP contribution < -0.4 is 9.47 Å². The third-order valence-electron chi connectivity index (χ3n) is 4.28. The van der Waals surface area contributed by atoms with E-state index in [9.17, 15) is 4.79 Å². The van der Waals surface area contributed by atoms with Gasteiger partial charge >= 0.3 is 5.97 Å². The first kappa shape index (κ1) is 22.3. The third kappa shape index (κ3) is 7.65. The van der Waals surface area contributed by atoms with Crippen LogP contribution in [0.25, 0.3) is 0 Å². The van der Waals surface area contributed by atoms with E-state index >= 15 is 0 Å². The van der Waals surface area contributed by atoms with E-state index in [-0.39, 0.29) is 17.8 Å². The van der Waals surface area contributed by atoms with Gasteiger partial charge in [-0.15, -0.1) is 0 Å². The Morgan fingerprint density at radius 2 is 1.81 bits per heavy atom. The van der Waals surface area contributed by atoms with Crippen molar-refractivity contribution in [3.05, 3.63) is 23.8 Å². The van der Waals surface area contributed by atoms with Gasteiger partial charge in [0.1, 0.15) is 0 Å². The van der Waals surface area contributed by atoms with E-state index < -0.39 is 0 Å². The Labute approximate surface area is 158 Å². The first-order valence-corrected chi connectivity index (χ1v) is 9.48. The number of carbonyl (C=O) groups is 1. The van der Waals surface area contributed by atoms with Crippen molar-refractivity contribution < 1.29 is 23.7 Å². The zero-order chi connectivity index (χ0) is 19.4. The molecule has 1 rings (SSSR count). The van der Waals surface area contributed by atoms with Crippen molar-refractivity contribution in [3.8, 4) is 11.5 Å². The van der Waals surface area contributed by atoms with Crippen LogP contribution in [0.1, 0.15) is 45.6 Å². The van der Waals surface area contributed by atoms with E-state index in [0.717, 1.165) is 24.8 Å². The number of methoxy groups -OCH3 is 2. The van der Waals surface area contributed by atoms with Crippen molar-refractivity contribution in [2.75, 3.05) is 34.0 Å². The molecule has 0 saturated carbocycles. The van der Waals surface area contributed by atoms with Gasteiger partial charge in [0.2, 0.25) is 0 Å². The summed E-state index contributed by atoms with van der Waals surface area (Å²) in [6.45, 7) is 7.89. The molecular weight excluding hydrogens is 332 g/mol. The highest BCUT2D eigenvalue weighted by molar-refractivity contribution is 5.73. The molecule has 0 aromatic heterocycles. The summed E-state index contributed by atoms with van der Waals surface area (Å²) >= 11 is 0. The summed E-state index contributed by atoms with van der Waals surface area (Å²) in [6.07, 6.45) is 3.35. The summed E-state index contributed by atoms with van der Waals surface area (Å²) in [6, 6.07) is 5.83. The van der Waals surface area contributed by atoms with Crippen LogP contribution in [0.2, 0.25) is 0 Å². The molecule has 26 heavy (non-hydrogen) atoms. The Bertz CT molecular complexity index is 527. The lowest BCUT2D eigenvalue weighted by Gasteiger charge is -2.20. The predicted octanol–water partition coefficient (Wildman–Crippen LogP) is 4.27. The first-order chi connectivity index (χ1) is 12.5. The Balaban J connectivity index is 2.79. The van der Waals surface area contributed by atoms with Crippen molar-refractivity contribution >= 4 is 5.97 Å². The lowest BCUT2D eigenvalue weighted by molar-refractivity contribution is -0.150. The average molecular weight is 366 g/mol. The topological polar surface area (TPSA) is 54.0 Å². The van der Waals surface area contributed by atoms with Crippen LogP contribution in [-0.2, 0) is 20.7 Å². The van der Waals surface area contributed by atoms with Crippen LogP contribution in [0.15, 0.2) is 18.2 Å². The highest BCUT2D eigenvalue weighted by Gasteiger charge is 2.24. The van der Waals surface area contributed by atoms with Gasteiger partial charge in [0, 0.05) is 20.1 Å². The van der Waals surface area contributed by atoms with Gasteiger partial charge in [-0.3, -0.25) is 4.79 Å². The summed E-state index contributed by atoms with van der Waals surface area (Å²) < 4.78 is 21.7. The van der Waals surface area contributed by atoms with Crippen molar-refractivity contribution in [2.45, 2.75) is 46.5 Å². The fourth-order valence-electron chi connectivity index (χ4n) is 2.62. The van der Waals surface area contributed by atoms with E-state index in [2.05, 4.69) is 20.8 Å². The van der Waals surface area contributed by atoms with E-state index in [1.165, 1.54) is 0 Å². The average Bonchev–Trinajstić information content (AvgIpc) is 2.63. The molecule has 1 aromatic rings. The number of carbonyl (C=O) groups excluding carboxylic acids is 1. The molecule has 0 aliphatic heterocycles. The molecule has 5 nitrogen and oxygen atoms in total. The number of benzene rings is 1. The maximum Gasteiger partial charge on any atom is 0.309 e. The quantitative estimate of drug-likeness (QED) is 0.385. The number of rotatable bonds is 13. The van der Waals surface area contributed by atoms with Crippen LogP contribution in [-0.4, -0.2) is 40.0 Å². The third-order valence-corrected chi connectivity index (χ3v) is 4.28. The van der Waals surface area contributed by atoms with Crippen LogP contribution in [0, 0.1) is 11.8 Å². The summed E-state index contributed by atoms with van der Waals surface area (Å²) in [5.74, 6) is 1.31. The molecule has 5 heteroatoms. The van der Waals surface area contributed by atoms with Gasteiger partial charge in [-0.25, -0.2) is 0 Å². The Morgan fingerprint density at radius 3 is 2.42 bits per heavy atom. The molecule has 0 aliphatic carbocycles. The van der Waals surface area contributed by atoms with Gasteiger partial charge < -0.3 is 18.9 Å². The van der Waals surface area contributed by atoms with Gasteiger partial charge in [0.25, 0.3) is 0 Å². The molecule has 0 bridgehead atoms. The Hall–Kier alpha value is -1.75. The standard InChI is InChI=1S/C21H34O5/c1-6-7-12-26-21(22)18(16(2)3)14-17-9-10-19(24-5)20(15-17)25-13-8-11-23-4/h9-10,15-16,18H,6-8,11-14H2,1-5H3. The second-order valence-electron chi connectivity index (χ2n) is 6.76. The monoisotopic (exact) mass is 366 g/mol. The largest absolute Gasteiger partial charge is 0.493 e. The Kier molecular flexibility index (Phi) is 10.8. The zero-order valence-corrected chi connectivity index (χ0v) is 16.9. The van der Waals surface area contributed by atoms with Crippen molar-refractivity contribution in [1.29, 1.82) is 0 Å². The summed E-state index contributed by atoms with van der Waals surface area (Å²) in [4.78, 5) is 12.4. The van der Waals surface area contributed by atoms with Gasteiger partial charge in [-0.2, -0.15) is 0 Å². The fraction of sp³-hybridized carbons (Fsp3) is 0.667. The highest BCUT2D eigenvalue weighted by Crippen LogP contribution is 2.30. The molecule has 0 spiro atoms. The molecule has 0 aliphatic rings. The Morgan fingerprint density at radius 1 is 1.04 bits per heavy atom. The smallest absolute Gasteiger partial charge is 0.309 e. The fourth-order valence-corrected chi connectivity index (χ4v) is 2.62. The van der Waals surface area contributed by atoms with E-state index in [4.69, 9.17) is 18.9 Å². The second kappa shape index (κ2) is 12.6. The van der Waals surface area contributed by atoms with E-state index in [1.807, 2.05) is 18.2 Å². The molecule has 0 saturated heterocycles. The number of esters is 1. The SMILES string of the molecule is CCCCOC(=O)C(Cc1ccc(OC)c(OCCCOC)c1)C(C)C. The number of ether oxygens (including phenoxy) is 4. The molecule has 0 heterocycles. The highest BCUT2D eigenvalue weighted by atomic mass is 16.5. The summed E-state index contributed by atoms with van der Waals surface area (Å²) in [5, 5.41) is 0. The summed E-state index contributed by atoms with van der Waals surface area (Å²) in [7, 11) is 3.30. The molecule has 0 amide bonds. The number of hydrogen-bond donors (Lipinski definition) is 0. The van der Waals surface area contributed by atoms with Gasteiger partial charge in [-0.05, 0) is 36.5 Å². The van der Waals surface area contributed by atoms with E-state index in [1.54, 1.807) is 14.2 Å². The summed E-state index contributed by atoms with van der Waals surface area (Å²) in [5.41, 5.74) is 1.04. The van der Waals surface area contributed by atoms with Crippen LogP contribution in [0.4, 0.5) is 0 Å². The number of unbranched alkanes of at least 4 members (excludes halogenated alkanes) is 1. The molecule has 0 N–H and O–H groups in total. The maximum absolute atomic E-state index is 12.4. The van der Waals surface area contributed by atoms with E-state index in [0.29, 0.717) is 37.7 Å². The van der Waals surface area contributed by atoms with Crippen molar-refractivity contribution in [1.82, 2.24) is 0 Å². The lowest BCUT2D eigenvalue weighted by atomic mass is 9.89.